The van der Waals surface area contributed by atoms with Crippen LogP contribution in [-0.4, -0.2) is 22.4 Å². The van der Waals surface area contributed by atoms with Crippen molar-refractivity contribution in [1.29, 1.82) is 0 Å². The van der Waals surface area contributed by atoms with Crippen molar-refractivity contribution in [2.75, 3.05) is 17.7 Å². The topological polar surface area (TPSA) is 37.8 Å². The highest BCUT2D eigenvalue weighted by molar-refractivity contribution is 6.17. The Kier molecular flexibility index (Phi) is 5.90. The Labute approximate surface area is 121 Å². The second kappa shape index (κ2) is 7.68. The normalized spacial score (nSPS) is 16.5. The molecular weight excluding hydrogens is 258 g/mol. The summed E-state index contributed by atoms with van der Waals surface area (Å²) in [6, 6.07) is 0. The molecule has 0 aromatic carbocycles. The van der Waals surface area contributed by atoms with Crippen LogP contribution in [-0.2, 0) is 12.8 Å². The van der Waals surface area contributed by atoms with Gasteiger partial charge in [0.2, 0.25) is 0 Å². The summed E-state index contributed by atoms with van der Waals surface area (Å²) in [5, 5.41) is 3.53. The molecule has 0 aliphatic heterocycles. The lowest BCUT2D eigenvalue weighted by atomic mass is 10.0. The number of rotatable bonds is 6. The average molecular weight is 282 g/mol. The lowest BCUT2D eigenvalue weighted by molar-refractivity contribution is 0.521. The number of aromatic nitrogens is 2. The number of hydrogen-bond acceptors (Lipinski definition) is 3. The zero-order valence-electron chi connectivity index (χ0n) is 11.8. The molecule has 1 aliphatic carbocycles. The van der Waals surface area contributed by atoms with E-state index in [1.807, 2.05) is 0 Å². The molecular formula is C15H24ClN3. The fourth-order valence-electron chi connectivity index (χ4n) is 2.70. The monoisotopic (exact) mass is 281 g/mol. The standard InChI is InChI=1S/C15H24ClN3/c1-2-12(8-9-16)10-17-15-13-6-4-3-5-7-14(13)18-11-19-15/h11-12H,2-10H2,1H3,(H,17,18,19). The Balaban J connectivity index is 2.03. The highest BCUT2D eigenvalue weighted by Crippen LogP contribution is 2.24. The van der Waals surface area contributed by atoms with E-state index in [1.54, 1.807) is 6.33 Å². The predicted molar refractivity (Wildman–Crippen MR) is 80.9 cm³/mol. The van der Waals surface area contributed by atoms with Gasteiger partial charge in [0.15, 0.2) is 0 Å². The van der Waals surface area contributed by atoms with Crippen LogP contribution in [0.15, 0.2) is 6.33 Å². The molecule has 0 bridgehead atoms. The van der Waals surface area contributed by atoms with Crippen molar-refractivity contribution >= 4 is 17.4 Å². The molecule has 0 saturated heterocycles. The zero-order chi connectivity index (χ0) is 13.5. The molecule has 2 rings (SSSR count). The van der Waals surface area contributed by atoms with Gasteiger partial charge in [0.25, 0.3) is 0 Å². The number of halogens is 1. The first-order valence-corrected chi connectivity index (χ1v) is 8.01. The van der Waals surface area contributed by atoms with Crippen LogP contribution in [0, 0.1) is 5.92 Å². The van der Waals surface area contributed by atoms with Crippen molar-refractivity contribution in [1.82, 2.24) is 9.97 Å². The maximum absolute atomic E-state index is 5.84. The van der Waals surface area contributed by atoms with Crippen molar-refractivity contribution in [3.05, 3.63) is 17.6 Å². The molecule has 106 valence electrons. The van der Waals surface area contributed by atoms with Crippen LogP contribution in [0.1, 0.15) is 50.3 Å². The molecule has 0 spiro atoms. The maximum atomic E-state index is 5.84. The number of hydrogen-bond donors (Lipinski definition) is 1. The van der Waals surface area contributed by atoms with Gasteiger partial charge in [0.1, 0.15) is 12.1 Å². The molecule has 0 saturated carbocycles. The fourth-order valence-corrected chi connectivity index (χ4v) is 3.00. The van der Waals surface area contributed by atoms with Gasteiger partial charge in [0, 0.05) is 23.7 Å². The van der Waals surface area contributed by atoms with Crippen LogP contribution in [0.25, 0.3) is 0 Å². The number of anilines is 1. The molecule has 0 amide bonds. The number of nitrogens with one attached hydrogen (secondary N) is 1. The van der Waals surface area contributed by atoms with E-state index in [0.717, 1.165) is 43.9 Å². The molecule has 1 aromatic rings. The maximum Gasteiger partial charge on any atom is 0.132 e. The minimum Gasteiger partial charge on any atom is -0.369 e. The van der Waals surface area contributed by atoms with Gasteiger partial charge in [-0.3, -0.25) is 0 Å². The van der Waals surface area contributed by atoms with Gasteiger partial charge in [-0.1, -0.05) is 19.8 Å². The summed E-state index contributed by atoms with van der Waals surface area (Å²) in [6.45, 7) is 3.19. The van der Waals surface area contributed by atoms with E-state index in [0.29, 0.717) is 5.92 Å². The van der Waals surface area contributed by atoms with Crippen LogP contribution in [0.4, 0.5) is 5.82 Å². The molecule has 1 aromatic heterocycles. The highest BCUT2D eigenvalue weighted by Gasteiger charge is 2.15. The summed E-state index contributed by atoms with van der Waals surface area (Å²) in [7, 11) is 0. The van der Waals surface area contributed by atoms with E-state index < -0.39 is 0 Å². The molecule has 0 radical (unpaired) electrons. The number of alkyl halides is 1. The van der Waals surface area contributed by atoms with Crippen molar-refractivity contribution in [3.8, 4) is 0 Å². The third-order valence-corrected chi connectivity index (χ3v) is 4.25. The van der Waals surface area contributed by atoms with Gasteiger partial charge in [-0.05, 0) is 38.0 Å². The van der Waals surface area contributed by atoms with Crippen molar-refractivity contribution in [2.45, 2.75) is 51.9 Å². The van der Waals surface area contributed by atoms with Crippen LogP contribution < -0.4 is 5.32 Å². The minimum absolute atomic E-state index is 0.633. The van der Waals surface area contributed by atoms with Crippen LogP contribution in [0.2, 0.25) is 0 Å². The summed E-state index contributed by atoms with van der Waals surface area (Å²) in [4.78, 5) is 8.90. The largest absolute Gasteiger partial charge is 0.369 e. The Hall–Kier alpha value is -0.830. The first-order chi connectivity index (χ1) is 9.35. The molecule has 19 heavy (non-hydrogen) atoms. The number of aryl methyl sites for hydroxylation is 1. The van der Waals surface area contributed by atoms with E-state index in [-0.39, 0.29) is 0 Å². The average Bonchev–Trinajstić information content (AvgIpc) is 2.69. The van der Waals surface area contributed by atoms with Gasteiger partial charge < -0.3 is 5.32 Å². The molecule has 1 unspecified atom stereocenters. The number of nitrogens with zero attached hydrogens (tertiary/aromatic N) is 2. The fraction of sp³-hybridized carbons (Fsp3) is 0.733. The third kappa shape index (κ3) is 4.07. The number of fused-ring (bicyclic) bond motifs is 1. The van der Waals surface area contributed by atoms with E-state index in [1.165, 1.54) is 30.5 Å². The van der Waals surface area contributed by atoms with Gasteiger partial charge >= 0.3 is 0 Å². The van der Waals surface area contributed by atoms with E-state index in [2.05, 4.69) is 22.2 Å². The minimum atomic E-state index is 0.633. The summed E-state index contributed by atoms with van der Waals surface area (Å²) in [6.07, 6.45) is 9.97. The van der Waals surface area contributed by atoms with E-state index in [9.17, 15) is 0 Å². The van der Waals surface area contributed by atoms with E-state index >= 15 is 0 Å². The van der Waals surface area contributed by atoms with Crippen molar-refractivity contribution in [2.24, 2.45) is 5.92 Å². The highest BCUT2D eigenvalue weighted by atomic mass is 35.5. The Morgan fingerprint density at radius 1 is 1.26 bits per heavy atom. The summed E-state index contributed by atoms with van der Waals surface area (Å²) < 4.78 is 0. The van der Waals surface area contributed by atoms with Gasteiger partial charge in [-0.2, -0.15) is 0 Å². The van der Waals surface area contributed by atoms with Gasteiger partial charge in [-0.15, -0.1) is 11.6 Å². The molecule has 3 nitrogen and oxygen atoms in total. The van der Waals surface area contributed by atoms with Crippen LogP contribution >= 0.6 is 11.6 Å². The lowest BCUT2D eigenvalue weighted by Gasteiger charge is -2.17. The molecule has 1 heterocycles. The molecule has 1 N–H and O–H groups in total. The smallest absolute Gasteiger partial charge is 0.132 e. The Bertz CT molecular complexity index is 395. The zero-order valence-corrected chi connectivity index (χ0v) is 12.5. The quantitative estimate of drug-likeness (QED) is 0.636. The van der Waals surface area contributed by atoms with Gasteiger partial charge in [0.05, 0.1) is 0 Å². The molecule has 1 atom stereocenters. The van der Waals surface area contributed by atoms with Crippen molar-refractivity contribution < 1.29 is 0 Å². The van der Waals surface area contributed by atoms with Crippen molar-refractivity contribution in [3.63, 3.8) is 0 Å². The second-order valence-corrected chi connectivity index (χ2v) is 5.72. The summed E-state index contributed by atoms with van der Waals surface area (Å²) in [5.74, 6) is 2.43. The van der Waals surface area contributed by atoms with Crippen LogP contribution in [0.3, 0.4) is 0 Å². The lowest BCUT2D eigenvalue weighted by Crippen LogP contribution is -2.17. The Morgan fingerprint density at radius 2 is 2.11 bits per heavy atom. The first-order valence-electron chi connectivity index (χ1n) is 7.47. The van der Waals surface area contributed by atoms with Crippen LogP contribution in [0.5, 0.6) is 0 Å². The second-order valence-electron chi connectivity index (χ2n) is 5.34. The van der Waals surface area contributed by atoms with Gasteiger partial charge in [-0.25, -0.2) is 9.97 Å². The van der Waals surface area contributed by atoms with E-state index in [4.69, 9.17) is 11.6 Å². The summed E-state index contributed by atoms with van der Waals surface area (Å²) >= 11 is 5.84. The Morgan fingerprint density at radius 3 is 2.89 bits per heavy atom. The first kappa shape index (κ1) is 14.6. The molecule has 1 aliphatic rings. The molecule has 0 fully saturated rings. The summed E-state index contributed by atoms with van der Waals surface area (Å²) in [5.41, 5.74) is 2.60. The SMILES string of the molecule is CCC(CCCl)CNc1ncnc2c1CCCCC2. The predicted octanol–water partition coefficient (Wildman–Crippen LogP) is 3.81. The third-order valence-electron chi connectivity index (χ3n) is 4.03. The molecule has 4 heteroatoms.